The highest BCUT2D eigenvalue weighted by atomic mass is 32.2. The second-order valence-electron chi connectivity index (χ2n) is 6.00. The number of sulfonamides is 1. The zero-order chi connectivity index (χ0) is 21.4. The van der Waals surface area contributed by atoms with Crippen LogP contribution in [0, 0.1) is 0 Å². The molecular formula is C19H21N3O6S. The van der Waals surface area contributed by atoms with Crippen molar-refractivity contribution in [3.05, 3.63) is 59.7 Å². The predicted octanol–water partition coefficient (Wildman–Crippen LogP) is 1.03. The maximum Gasteiger partial charge on any atom is 0.337 e. The molecule has 0 aromatic heterocycles. The van der Waals surface area contributed by atoms with E-state index in [0.717, 1.165) is 5.56 Å². The van der Waals surface area contributed by atoms with E-state index in [4.69, 9.17) is 0 Å². The molecule has 0 spiro atoms. The molecule has 0 fully saturated rings. The molecule has 0 heterocycles. The lowest BCUT2D eigenvalue weighted by Gasteiger charge is -2.09. The van der Waals surface area contributed by atoms with Crippen LogP contribution in [-0.2, 0) is 30.9 Å². The van der Waals surface area contributed by atoms with Crippen molar-refractivity contribution < 1.29 is 27.5 Å². The van der Waals surface area contributed by atoms with Gasteiger partial charge in [-0.3, -0.25) is 9.59 Å². The molecule has 0 saturated carbocycles. The minimum Gasteiger partial charge on any atom is -0.465 e. The van der Waals surface area contributed by atoms with Gasteiger partial charge in [0.05, 0.1) is 24.1 Å². The molecule has 9 nitrogen and oxygen atoms in total. The fraction of sp³-hybridized carbons (Fsp3) is 0.211. The third-order valence-corrected chi connectivity index (χ3v) is 5.19. The summed E-state index contributed by atoms with van der Waals surface area (Å²) in [5.41, 5.74) is 1.59. The molecule has 0 aliphatic carbocycles. The van der Waals surface area contributed by atoms with Crippen molar-refractivity contribution in [2.24, 2.45) is 0 Å². The van der Waals surface area contributed by atoms with E-state index in [9.17, 15) is 22.8 Å². The van der Waals surface area contributed by atoms with Gasteiger partial charge in [-0.2, -0.15) is 0 Å². The number of carbonyl (C=O) groups is 3. The van der Waals surface area contributed by atoms with Crippen molar-refractivity contribution in [1.29, 1.82) is 0 Å². The number of carbonyl (C=O) groups excluding carboxylic acids is 3. The normalized spacial score (nSPS) is 10.8. The van der Waals surface area contributed by atoms with Gasteiger partial charge in [-0.1, -0.05) is 12.1 Å². The Morgan fingerprint density at radius 1 is 0.966 bits per heavy atom. The number of hydrogen-bond donors (Lipinski definition) is 3. The Bertz CT molecular complexity index is 986. The number of esters is 1. The molecule has 0 saturated heterocycles. The number of ether oxygens (including phenoxy) is 1. The minimum absolute atomic E-state index is 0.0298. The molecule has 2 rings (SSSR count). The summed E-state index contributed by atoms with van der Waals surface area (Å²) in [6.45, 7) is 1.09. The Morgan fingerprint density at radius 2 is 1.59 bits per heavy atom. The first-order valence-corrected chi connectivity index (χ1v) is 10.0. The lowest BCUT2D eigenvalue weighted by atomic mass is 10.1. The van der Waals surface area contributed by atoms with Crippen LogP contribution >= 0.6 is 0 Å². The van der Waals surface area contributed by atoms with Crippen LogP contribution in [0.1, 0.15) is 22.8 Å². The smallest absolute Gasteiger partial charge is 0.337 e. The maximum atomic E-state index is 12.3. The van der Waals surface area contributed by atoms with Crippen molar-refractivity contribution in [1.82, 2.24) is 10.0 Å². The molecule has 0 aliphatic heterocycles. The fourth-order valence-electron chi connectivity index (χ4n) is 2.30. The molecule has 2 aromatic rings. The van der Waals surface area contributed by atoms with Crippen LogP contribution in [-0.4, -0.2) is 39.9 Å². The molecule has 29 heavy (non-hydrogen) atoms. The number of nitrogens with one attached hydrogen (secondary N) is 3. The van der Waals surface area contributed by atoms with Crippen LogP contribution in [0.4, 0.5) is 5.69 Å². The van der Waals surface area contributed by atoms with Crippen LogP contribution in [0.15, 0.2) is 53.4 Å². The van der Waals surface area contributed by atoms with Gasteiger partial charge in [0.2, 0.25) is 21.8 Å². The number of anilines is 1. The Balaban J connectivity index is 1.86. The summed E-state index contributed by atoms with van der Waals surface area (Å²) in [5.74, 6) is -1.24. The monoisotopic (exact) mass is 419 g/mol. The van der Waals surface area contributed by atoms with Gasteiger partial charge in [0.15, 0.2) is 0 Å². The second kappa shape index (κ2) is 9.80. The molecule has 2 amide bonds. The van der Waals surface area contributed by atoms with Crippen molar-refractivity contribution >= 4 is 33.5 Å². The summed E-state index contributed by atoms with van der Waals surface area (Å²) in [6, 6.07) is 12.0. The maximum absolute atomic E-state index is 12.3. The van der Waals surface area contributed by atoms with Crippen LogP contribution in [0.2, 0.25) is 0 Å². The quantitative estimate of drug-likeness (QED) is 0.548. The number of methoxy groups -OCH3 is 1. The van der Waals surface area contributed by atoms with Gasteiger partial charge >= 0.3 is 5.97 Å². The highest BCUT2D eigenvalue weighted by Gasteiger charge is 2.15. The zero-order valence-electron chi connectivity index (χ0n) is 15.9. The first kappa shape index (κ1) is 22.1. The number of rotatable bonds is 8. The largest absolute Gasteiger partial charge is 0.465 e. The third-order valence-electron chi connectivity index (χ3n) is 3.77. The van der Waals surface area contributed by atoms with E-state index in [-0.39, 0.29) is 17.3 Å². The molecule has 0 unspecified atom stereocenters. The number of amides is 2. The van der Waals surface area contributed by atoms with Gasteiger partial charge in [0, 0.05) is 19.2 Å². The van der Waals surface area contributed by atoms with E-state index in [1.807, 2.05) is 0 Å². The van der Waals surface area contributed by atoms with Gasteiger partial charge in [0.25, 0.3) is 0 Å². The van der Waals surface area contributed by atoms with Gasteiger partial charge in [0.1, 0.15) is 0 Å². The van der Waals surface area contributed by atoms with Gasteiger partial charge in [-0.15, -0.1) is 0 Å². The van der Waals surface area contributed by atoms with Crippen molar-refractivity contribution in [2.75, 3.05) is 19.0 Å². The standard InChI is InChI=1S/C19H21N3O6S/c1-13(23)22-16-7-9-17(10-8-16)29(26,27)21-12-18(24)20-11-14-3-5-15(6-4-14)19(25)28-2/h3-10,21H,11-12H2,1-2H3,(H,20,24)(H,22,23). The van der Waals surface area contributed by atoms with Crippen LogP contribution < -0.4 is 15.4 Å². The molecular weight excluding hydrogens is 398 g/mol. The summed E-state index contributed by atoms with van der Waals surface area (Å²) in [7, 11) is -2.59. The second-order valence-corrected chi connectivity index (χ2v) is 7.76. The average molecular weight is 419 g/mol. The average Bonchev–Trinajstić information content (AvgIpc) is 2.70. The summed E-state index contributed by atoms with van der Waals surface area (Å²) < 4.78 is 31.3. The molecule has 10 heteroatoms. The zero-order valence-corrected chi connectivity index (χ0v) is 16.7. The van der Waals surface area contributed by atoms with E-state index < -0.39 is 28.4 Å². The van der Waals surface area contributed by atoms with Crippen LogP contribution in [0.3, 0.4) is 0 Å². The van der Waals surface area contributed by atoms with E-state index in [0.29, 0.717) is 11.3 Å². The Morgan fingerprint density at radius 3 is 2.14 bits per heavy atom. The molecule has 0 bridgehead atoms. The van der Waals surface area contributed by atoms with Crippen molar-refractivity contribution in [3.8, 4) is 0 Å². The Kier molecular flexibility index (Phi) is 7.46. The SMILES string of the molecule is COC(=O)c1ccc(CNC(=O)CNS(=O)(=O)c2ccc(NC(C)=O)cc2)cc1. The van der Waals surface area contributed by atoms with Gasteiger partial charge < -0.3 is 15.4 Å². The molecule has 0 aliphatic rings. The molecule has 0 radical (unpaired) electrons. The first-order chi connectivity index (χ1) is 13.7. The van der Waals surface area contributed by atoms with E-state index in [1.165, 1.54) is 38.3 Å². The highest BCUT2D eigenvalue weighted by Crippen LogP contribution is 2.13. The summed E-state index contributed by atoms with van der Waals surface area (Å²) in [5, 5.41) is 5.12. The van der Waals surface area contributed by atoms with Crippen LogP contribution in [0.5, 0.6) is 0 Å². The fourth-order valence-corrected chi connectivity index (χ4v) is 3.29. The van der Waals surface area contributed by atoms with E-state index in [1.54, 1.807) is 24.3 Å². The third kappa shape index (κ3) is 6.70. The summed E-state index contributed by atoms with van der Waals surface area (Å²) >= 11 is 0. The number of benzene rings is 2. The topological polar surface area (TPSA) is 131 Å². The number of hydrogen-bond acceptors (Lipinski definition) is 6. The minimum atomic E-state index is -3.88. The molecule has 154 valence electrons. The van der Waals surface area contributed by atoms with Crippen LogP contribution in [0.25, 0.3) is 0 Å². The van der Waals surface area contributed by atoms with Gasteiger partial charge in [-0.05, 0) is 42.0 Å². The molecule has 0 atom stereocenters. The van der Waals surface area contributed by atoms with Crippen molar-refractivity contribution in [3.63, 3.8) is 0 Å². The predicted molar refractivity (Wildman–Crippen MR) is 106 cm³/mol. The summed E-state index contributed by atoms with van der Waals surface area (Å²) in [6.07, 6.45) is 0. The highest BCUT2D eigenvalue weighted by molar-refractivity contribution is 7.89. The Hall–Kier alpha value is -3.24. The molecule has 3 N–H and O–H groups in total. The first-order valence-electron chi connectivity index (χ1n) is 8.52. The lowest BCUT2D eigenvalue weighted by molar-refractivity contribution is -0.120. The Labute approximate surface area is 168 Å². The van der Waals surface area contributed by atoms with Gasteiger partial charge in [-0.25, -0.2) is 17.9 Å². The lowest BCUT2D eigenvalue weighted by Crippen LogP contribution is -2.36. The summed E-state index contributed by atoms with van der Waals surface area (Å²) in [4.78, 5) is 34.3. The van der Waals surface area contributed by atoms with Crippen molar-refractivity contribution in [2.45, 2.75) is 18.4 Å². The molecule has 2 aromatic carbocycles. The van der Waals surface area contributed by atoms with E-state index >= 15 is 0 Å². The van der Waals surface area contributed by atoms with E-state index in [2.05, 4.69) is 20.1 Å².